The molecule has 306 valence electrons. The van der Waals surface area contributed by atoms with E-state index in [9.17, 15) is 43.8 Å². The van der Waals surface area contributed by atoms with Crippen molar-refractivity contribution in [2.45, 2.75) is 113 Å². The Hall–Kier alpha value is -3.86. The summed E-state index contributed by atoms with van der Waals surface area (Å²) in [6.07, 6.45) is 1.63. The summed E-state index contributed by atoms with van der Waals surface area (Å²) in [5.74, 6) is -5.63. The number of nitrogens with zero attached hydrogens (tertiary/aromatic N) is 3. The van der Waals surface area contributed by atoms with Crippen LogP contribution in [0.1, 0.15) is 64.7 Å². The topological polar surface area (TPSA) is 331 Å². The van der Waals surface area contributed by atoms with Gasteiger partial charge in [-0.2, -0.15) is 25.3 Å². The number of guanidine groups is 1. The predicted molar refractivity (Wildman–Crippen MR) is 205 cm³/mol. The number of carbonyl (C=O) groups excluding carboxylic acids is 6. The van der Waals surface area contributed by atoms with Crippen LogP contribution in [0.5, 0.6) is 0 Å². The molecule has 0 aromatic heterocycles. The van der Waals surface area contributed by atoms with E-state index in [2.05, 4.69) is 51.5 Å². The summed E-state index contributed by atoms with van der Waals surface area (Å²) in [7, 11) is 0. The Morgan fingerprint density at radius 3 is 1.98 bits per heavy atom. The molecule has 2 heterocycles. The third kappa shape index (κ3) is 13.8. The second-order valence-electron chi connectivity index (χ2n) is 13.3. The number of nitrogens with one attached hydrogen (secondary N) is 4. The third-order valence-electron chi connectivity index (χ3n) is 9.19. The number of aliphatic hydroxyl groups excluding tert-OH is 1. The Labute approximate surface area is 325 Å². The lowest BCUT2D eigenvalue weighted by Crippen LogP contribution is -2.60. The first kappa shape index (κ1) is 46.3. The van der Waals surface area contributed by atoms with Crippen molar-refractivity contribution in [1.82, 2.24) is 31.1 Å². The molecule has 8 atom stereocenters. The van der Waals surface area contributed by atoms with Crippen molar-refractivity contribution in [2.75, 3.05) is 37.7 Å². The molecule has 8 unspecified atom stereocenters. The first-order valence-corrected chi connectivity index (χ1v) is 19.3. The minimum atomic E-state index is -1.43. The van der Waals surface area contributed by atoms with E-state index >= 15 is 0 Å². The molecule has 2 aliphatic heterocycles. The first-order chi connectivity index (χ1) is 25.6. The van der Waals surface area contributed by atoms with Crippen molar-refractivity contribution in [1.29, 1.82) is 0 Å². The Balaban J connectivity index is 2.26. The lowest BCUT2D eigenvalue weighted by Gasteiger charge is -2.34. The fourth-order valence-corrected chi connectivity index (χ4v) is 6.65. The van der Waals surface area contributed by atoms with E-state index in [1.54, 1.807) is 0 Å². The van der Waals surface area contributed by atoms with E-state index in [0.717, 1.165) is 0 Å². The fraction of sp³-hybridized carbons (Fsp3) is 0.750. The maximum absolute atomic E-state index is 14.1. The van der Waals surface area contributed by atoms with Gasteiger partial charge in [0.15, 0.2) is 5.96 Å². The van der Waals surface area contributed by atoms with Crippen molar-refractivity contribution in [3.05, 3.63) is 0 Å². The van der Waals surface area contributed by atoms with Crippen LogP contribution < -0.4 is 44.2 Å². The van der Waals surface area contributed by atoms with Gasteiger partial charge in [-0.05, 0) is 71.3 Å². The third-order valence-corrected chi connectivity index (χ3v) is 9.95. The fourth-order valence-electron chi connectivity index (χ4n) is 6.24. The average Bonchev–Trinajstić information content (AvgIpc) is 3.83. The zero-order chi connectivity index (χ0) is 40.5. The molecule has 2 saturated heterocycles. The molecule has 22 heteroatoms. The van der Waals surface area contributed by atoms with E-state index in [4.69, 9.17) is 22.9 Å². The van der Waals surface area contributed by atoms with Crippen LogP contribution in [-0.2, 0) is 33.6 Å². The zero-order valence-corrected chi connectivity index (χ0v) is 32.3. The molecule has 0 radical (unpaired) electrons. The Morgan fingerprint density at radius 2 is 1.41 bits per heavy atom. The Kier molecular flexibility index (Phi) is 19.8. The van der Waals surface area contributed by atoms with Crippen molar-refractivity contribution in [3.8, 4) is 0 Å². The van der Waals surface area contributed by atoms with Gasteiger partial charge in [0, 0.05) is 31.1 Å². The van der Waals surface area contributed by atoms with Gasteiger partial charge in [-0.15, -0.1) is 0 Å². The first-order valence-electron chi connectivity index (χ1n) is 18.0. The molecule has 0 aromatic carbocycles. The van der Waals surface area contributed by atoms with Crippen LogP contribution in [0.4, 0.5) is 0 Å². The molecule has 20 nitrogen and oxygen atoms in total. The molecule has 0 aromatic rings. The Bertz CT molecular complexity index is 1350. The number of rotatable bonds is 22. The minimum Gasteiger partial charge on any atom is -0.480 e. The second kappa shape index (κ2) is 23.1. The summed E-state index contributed by atoms with van der Waals surface area (Å²) in [6.45, 7) is 2.18. The largest absolute Gasteiger partial charge is 0.480 e. The molecular formula is C32H57N11O9S2. The molecule has 0 aliphatic carbocycles. The smallest absolute Gasteiger partial charge is 0.327 e. The van der Waals surface area contributed by atoms with E-state index in [1.165, 1.54) is 16.7 Å². The minimum absolute atomic E-state index is 0.00959. The molecule has 2 fully saturated rings. The summed E-state index contributed by atoms with van der Waals surface area (Å²) >= 11 is 7.96. The van der Waals surface area contributed by atoms with E-state index in [0.29, 0.717) is 38.6 Å². The average molecular weight is 804 g/mol. The summed E-state index contributed by atoms with van der Waals surface area (Å²) < 4.78 is 0. The molecule has 2 aliphatic rings. The number of unbranched alkanes of at least 4 members (excludes halogenated alkanes) is 1. The van der Waals surface area contributed by atoms with Crippen LogP contribution in [0.2, 0.25) is 0 Å². The standard InChI is InChI=1S/C32H57N11O9S2/c1-17(44)24(41-25(45)18(34)15-53)28(48)39-20(7-2-3-11-33)29(49)43-14-6-10-23(43)30(50)42-13-5-9-22(42)27(47)38-19(8-4-12-37-32(35)36)26(46)40-21(16-54)31(51)52/h17-24,44,53-54H,2-16,33-34H2,1H3,(H,38,47)(H,39,48)(H,40,46)(H,41,45)(H,51,52)(H4,35,36,37). The monoisotopic (exact) mass is 803 g/mol. The highest BCUT2D eigenvalue weighted by molar-refractivity contribution is 7.80. The van der Waals surface area contributed by atoms with Gasteiger partial charge >= 0.3 is 5.97 Å². The van der Waals surface area contributed by atoms with Gasteiger partial charge < -0.3 is 64.2 Å². The van der Waals surface area contributed by atoms with Crippen molar-refractivity contribution < 1.29 is 43.8 Å². The van der Waals surface area contributed by atoms with Crippen LogP contribution in [0, 0.1) is 0 Å². The van der Waals surface area contributed by atoms with Gasteiger partial charge in [0.2, 0.25) is 35.4 Å². The molecular weight excluding hydrogens is 747 g/mol. The number of hydrogen-bond donors (Lipinski definition) is 12. The summed E-state index contributed by atoms with van der Waals surface area (Å²) in [5.41, 5.74) is 22.1. The highest BCUT2D eigenvalue weighted by Gasteiger charge is 2.44. The van der Waals surface area contributed by atoms with Crippen molar-refractivity contribution in [2.24, 2.45) is 27.9 Å². The highest BCUT2D eigenvalue weighted by atomic mass is 32.1. The number of nitrogens with two attached hydrogens (primary N) is 4. The number of aliphatic hydroxyl groups is 1. The summed E-state index contributed by atoms with van der Waals surface area (Å²) in [4.78, 5) is 98.9. The number of hydrogen-bond acceptors (Lipinski definition) is 13. The number of likely N-dealkylation sites (tertiary alicyclic amines) is 2. The van der Waals surface area contributed by atoms with E-state index < -0.39 is 89.8 Å². The second-order valence-corrected chi connectivity index (χ2v) is 14.1. The quantitative estimate of drug-likeness (QED) is 0.0214. The number of carboxylic acids is 1. The molecule has 0 bridgehead atoms. The SMILES string of the molecule is CC(O)C(NC(=O)C(N)CS)C(=O)NC(CCCCN)C(=O)N1CCCC1C(=O)N1CCCC1C(=O)NC(CCCN=C(N)N)C(=O)NC(CS)C(=O)O. The highest BCUT2D eigenvalue weighted by Crippen LogP contribution is 2.26. The van der Waals surface area contributed by atoms with Gasteiger partial charge in [0.25, 0.3) is 0 Å². The molecule has 0 spiro atoms. The molecule has 2 rings (SSSR count). The van der Waals surface area contributed by atoms with Gasteiger partial charge in [-0.25, -0.2) is 4.79 Å². The maximum atomic E-state index is 14.1. The zero-order valence-electron chi connectivity index (χ0n) is 30.5. The van der Waals surface area contributed by atoms with Gasteiger partial charge in [0.05, 0.1) is 12.1 Å². The molecule has 0 saturated carbocycles. The molecule has 6 amide bonds. The molecule has 14 N–H and O–H groups in total. The number of carboxylic acid groups (broad SMARTS) is 1. The summed E-state index contributed by atoms with van der Waals surface area (Å²) in [5, 5.41) is 29.8. The normalized spacial score (nSPS) is 20.1. The van der Waals surface area contributed by atoms with Gasteiger partial charge in [-0.1, -0.05) is 0 Å². The van der Waals surface area contributed by atoms with Crippen LogP contribution in [-0.4, -0.2) is 153 Å². The number of amides is 6. The van der Waals surface area contributed by atoms with Crippen LogP contribution in [0.15, 0.2) is 4.99 Å². The number of carbonyl (C=O) groups is 7. The molecule has 54 heavy (non-hydrogen) atoms. The van der Waals surface area contributed by atoms with E-state index in [1.807, 2.05) is 0 Å². The maximum Gasteiger partial charge on any atom is 0.327 e. The lowest BCUT2D eigenvalue weighted by atomic mass is 10.0. The predicted octanol–water partition coefficient (Wildman–Crippen LogP) is -4.26. The van der Waals surface area contributed by atoms with Crippen molar-refractivity contribution in [3.63, 3.8) is 0 Å². The van der Waals surface area contributed by atoms with E-state index in [-0.39, 0.29) is 62.8 Å². The van der Waals surface area contributed by atoms with Crippen molar-refractivity contribution >= 4 is 72.6 Å². The van der Waals surface area contributed by atoms with Gasteiger partial charge in [0.1, 0.15) is 36.3 Å². The van der Waals surface area contributed by atoms with Gasteiger partial charge in [-0.3, -0.25) is 33.8 Å². The number of thiol groups is 2. The number of aliphatic imine (C=N–C) groups is 1. The van der Waals surface area contributed by atoms with Crippen LogP contribution in [0.3, 0.4) is 0 Å². The Morgan fingerprint density at radius 1 is 0.796 bits per heavy atom. The summed E-state index contributed by atoms with van der Waals surface area (Å²) in [6, 6.07) is -8.04. The van der Waals surface area contributed by atoms with Crippen LogP contribution >= 0.6 is 25.3 Å². The van der Waals surface area contributed by atoms with Crippen LogP contribution in [0.25, 0.3) is 0 Å². The number of aliphatic carboxylic acids is 1. The lowest BCUT2D eigenvalue weighted by molar-refractivity contribution is -0.148.